The van der Waals surface area contributed by atoms with Gasteiger partial charge in [0.05, 0.1) is 38.6 Å². The number of allylic oxidation sites excluding steroid dienone is 7. The lowest BCUT2D eigenvalue weighted by molar-refractivity contribution is -0.379. The zero-order valence-corrected chi connectivity index (χ0v) is 43.6. The van der Waals surface area contributed by atoms with Crippen molar-refractivity contribution in [1.82, 2.24) is 5.32 Å². The first-order valence-electron chi connectivity index (χ1n) is 27.4. The van der Waals surface area contributed by atoms with Gasteiger partial charge in [-0.2, -0.15) is 0 Å². The first-order valence-corrected chi connectivity index (χ1v) is 27.4. The van der Waals surface area contributed by atoms with E-state index in [9.17, 15) is 61.0 Å². The number of hydrogen-bond acceptors (Lipinski definition) is 18. The molecule has 3 fully saturated rings. The van der Waals surface area contributed by atoms with Crippen LogP contribution in [0, 0.1) is 0 Å². The van der Waals surface area contributed by atoms with Crippen LogP contribution < -0.4 is 5.32 Å². The highest BCUT2D eigenvalue weighted by molar-refractivity contribution is 5.76. The Kier molecular flexibility index (Phi) is 34.1. The van der Waals surface area contributed by atoms with E-state index in [0.717, 1.165) is 51.4 Å². The fraction of sp³-hybridized carbons (Fsp3) is 0.833. The van der Waals surface area contributed by atoms with Crippen LogP contribution in [-0.4, -0.2) is 193 Å². The summed E-state index contributed by atoms with van der Waals surface area (Å²) in [5, 5.41) is 120. The fourth-order valence-electron chi connectivity index (χ4n) is 9.10. The van der Waals surface area contributed by atoms with Crippen LogP contribution in [0.4, 0.5) is 0 Å². The first kappa shape index (κ1) is 65.0. The summed E-state index contributed by atoms with van der Waals surface area (Å²) in [6.07, 6.45) is 12.9. The van der Waals surface area contributed by atoms with E-state index in [4.69, 9.17) is 28.4 Å². The molecule has 3 aliphatic rings. The molecular formula is C54H95NO18. The molecule has 424 valence electrons. The van der Waals surface area contributed by atoms with E-state index < -0.39 is 124 Å². The topological polar surface area (TPSA) is 307 Å². The van der Waals surface area contributed by atoms with Gasteiger partial charge in [0.15, 0.2) is 18.9 Å². The number of nitrogens with one attached hydrogen (secondary N) is 1. The molecule has 0 aliphatic carbocycles. The van der Waals surface area contributed by atoms with E-state index in [1.807, 2.05) is 13.0 Å². The summed E-state index contributed by atoms with van der Waals surface area (Å²) in [7, 11) is 0. The third-order valence-corrected chi connectivity index (χ3v) is 13.7. The van der Waals surface area contributed by atoms with Crippen molar-refractivity contribution in [3.63, 3.8) is 0 Å². The zero-order valence-electron chi connectivity index (χ0n) is 43.6. The Bertz CT molecular complexity index is 1530. The average Bonchev–Trinajstić information content (AvgIpc) is 3.39. The van der Waals surface area contributed by atoms with Crippen molar-refractivity contribution in [1.29, 1.82) is 0 Å². The minimum atomic E-state index is -1.98. The Morgan fingerprint density at radius 3 is 1.45 bits per heavy atom. The summed E-state index contributed by atoms with van der Waals surface area (Å²) in [5.41, 5.74) is 0. The number of unbranched alkanes of at least 4 members (excludes halogenated alkanes) is 17. The summed E-state index contributed by atoms with van der Waals surface area (Å²) >= 11 is 0. The minimum Gasteiger partial charge on any atom is -0.394 e. The van der Waals surface area contributed by atoms with E-state index >= 15 is 0 Å². The van der Waals surface area contributed by atoms with Gasteiger partial charge in [0.25, 0.3) is 0 Å². The normalized spacial score (nSPS) is 32.1. The van der Waals surface area contributed by atoms with Crippen LogP contribution in [0.2, 0.25) is 0 Å². The third kappa shape index (κ3) is 23.5. The number of aliphatic hydroxyl groups excluding tert-OH is 11. The van der Waals surface area contributed by atoms with E-state index in [-0.39, 0.29) is 18.9 Å². The van der Waals surface area contributed by atoms with Gasteiger partial charge >= 0.3 is 0 Å². The average molecular weight is 1050 g/mol. The predicted octanol–water partition coefficient (Wildman–Crippen LogP) is 3.14. The molecule has 3 heterocycles. The first-order chi connectivity index (χ1) is 35.3. The Balaban J connectivity index is 1.50. The molecule has 0 aromatic rings. The summed E-state index contributed by atoms with van der Waals surface area (Å²) < 4.78 is 34.1. The lowest BCUT2D eigenvalue weighted by Crippen LogP contribution is -2.66. The highest BCUT2D eigenvalue weighted by Gasteiger charge is 2.53. The number of amides is 1. The maximum atomic E-state index is 13.2. The number of carbonyl (C=O) groups excluding carboxylic acids is 1. The summed E-state index contributed by atoms with van der Waals surface area (Å²) in [4.78, 5) is 13.2. The highest BCUT2D eigenvalue weighted by Crippen LogP contribution is 2.33. The lowest BCUT2D eigenvalue weighted by Gasteiger charge is -2.48. The Morgan fingerprint density at radius 1 is 0.507 bits per heavy atom. The van der Waals surface area contributed by atoms with Gasteiger partial charge in [-0.05, 0) is 64.7 Å². The number of hydrogen-bond donors (Lipinski definition) is 12. The van der Waals surface area contributed by atoms with Crippen molar-refractivity contribution >= 4 is 5.91 Å². The number of rotatable bonds is 38. The van der Waals surface area contributed by atoms with Gasteiger partial charge in [-0.1, -0.05) is 133 Å². The van der Waals surface area contributed by atoms with Gasteiger partial charge in [0.1, 0.15) is 73.2 Å². The minimum absolute atomic E-state index is 0.228. The smallest absolute Gasteiger partial charge is 0.220 e. The van der Waals surface area contributed by atoms with Gasteiger partial charge in [0.2, 0.25) is 5.91 Å². The SMILES string of the molecule is C/C=C/CC/C=C/CC/C=C/C(O)C(COC1OC(CO)C(OC2OC(CO)C(OC3OC(CO)C(O)C(O)C3O)C(O)C2O)C(O)C1O)NC(=O)CCCCCCCCCCC/C=C\CCCCCCCC. The van der Waals surface area contributed by atoms with Gasteiger partial charge in [0, 0.05) is 6.42 Å². The van der Waals surface area contributed by atoms with Crippen molar-refractivity contribution in [3.8, 4) is 0 Å². The quantitative estimate of drug-likeness (QED) is 0.0312. The Hall–Kier alpha value is -2.25. The van der Waals surface area contributed by atoms with E-state index in [0.29, 0.717) is 12.8 Å². The molecule has 0 spiro atoms. The molecule has 12 N–H and O–H groups in total. The summed E-state index contributed by atoms with van der Waals surface area (Å²) in [6.45, 7) is 1.42. The standard InChI is InChI=1S/C54H95NO18/c1-3-5-7-9-11-13-14-15-16-17-18-19-20-21-22-24-26-28-30-32-42(60)55-37(38(59)31-29-27-25-23-12-10-8-6-4-2)36-68-52-48(66)45(63)50(40(34-57)70-52)73-54-49(67)46(64)51(41(35-58)71-54)72-53-47(65)44(62)43(61)39(33-56)69-53/h4,6,12,15-16,23,29,31,37-41,43-54,56-59,61-67H,3,5,7-11,13-14,17-22,24-28,30,32-36H2,1-2H3,(H,55,60)/b6-4+,16-15-,23-12+,31-29+. The molecule has 17 unspecified atom stereocenters. The number of aliphatic hydroxyl groups is 11. The molecule has 1 amide bonds. The van der Waals surface area contributed by atoms with Gasteiger partial charge in [-0.3, -0.25) is 4.79 Å². The Morgan fingerprint density at radius 2 is 0.932 bits per heavy atom. The van der Waals surface area contributed by atoms with Crippen LogP contribution in [0.25, 0.3) is 0 Å². The number of ether oxygens (including phenoxy) is 6. The van der Waals surface area contributed by atoms with Crippen molar-refractivity contribution < 1.29 is 89.4 Å². The highest BCUT2D eigenvalue weighted by atomic mass is 16.8. The summed E-state index contributed by atoms with van der Waals surface area (Å²) in [6, 6.07) is -0.994. The second-order valence-electron chi connectivity index (χ2n) is 19.7. The van der Waals surface area contributed by atoms with E-state index in [1.54, 1.807) is 12.2 Å². The summed E-state index contributed by atoms with van der Waals surface area (Å²) in [5.74, 6) is -0.298. The molecule has 0 bridgehead atoms. The molecule has 19 nitrogen and oxygen atoms in total. The molecule has 0 radical (unpaired) electrons. The molecule has 3 rings (SSSR count). The van der Waals surface area contributed by atoms with E-state index in [1.165, 1.54) is 70.6 Å². The maximum Gasteiger partial charge on any atom is 0.220 e. The fourth-order valence-corrected chi connectivity index (χ4v) is 9.10. The molecule has 0 aromatic heterocycles. The largest absolute Gasteiger partial charge is 0.394 e. The van der Waals surface area contributed by atoms with Crippen LogP contribution >= 0.6 is 0 Å². The molecule has 3 saturated heterocycles. The maximum absolute atomic E-state index is 13.2. The zero-order chi connectivity index (χ0) is 53.4. The number of carbonyl (C=O) groups is 1. The molecule has 0 saturated carbocycles. The van der Waals surface area contributed by atoms with Crippen molar-refractivity contribution in [2.45, 2.75) is 259 Å². The molecule has 3 aliphatic heterocycles. The van der Waals surface area contributed by atoms with Crippen LogP contribution in [0.3, 0.4) is 0 Å². The van der Waals surface area contributed by atoms with Crippen LogP contribution in [0.15, 0.2) is 48.6 Å². The third-order valence-electron chi connectivity index (χ3n) is 13.7. The van der Waals surface area contributed by atoms with Crippen molar-refractivity contribution in [2.75, 3.05) is 26.4 Å². The van der Waals surface area contributed by atoms with Crippen molar-refractivity contribution in [2.24, 2.45) is 0 Å². The second-order valence-corrected chi connectivity index (χ2v) is 19.7. The van der Waals surface area contributed by atoms with Crippen molar-refractivity contribution in [3.05, 3.63) is 48.6 Å². The molecule has 73 heavy (non-hydrogen) atoms. The molecular weight excluding hydrogens is 951 g/mol. The Labute approximate surface area is 433 Å². The van der Waals surface area contributed by atoms with Crippen LogP contribution in [-0.2, 0) is 33.2 Å². The molecule has 17 atom stereocenters. The lowest BCUT2D eigenvalue weighted by atomic mass is 9.96. The molecule has 19 heteroatoms. The van der Waals surface area contributed by atoms with Gasteiger partial charge < -0.3 is 89.9 Å². The molecule has 0 aromatic carbocycles. The van der Waals surface area contributed by atoms with E-state index in [2.05, 4.69) is 42.6 Å². The van der Waals surface area contributed by atoms with Gasteiger partial charge in [-0.25, -0.2) is 0 Å². The monoisotopic (exact) mass is 1050 g/mol. The van der Waals surface area contributed by atoms with Gasteiger partial charge in [-0.15, -0.1) is 0 Å². The van der Waals surface area contributed by atoms with Crippen LogP contribution in [0.1, 0.15) is 155 Å². The predicted molar refractivity (Wildman–Crippen MR) is 272 cm³/mol. The van der Waals surface area contributed by atoms with Crippen LogP contribution in [0.5, 0.6) is 0 Å². The second kappa shape index (κ2) is 38.3.